The van der Waals surface area contributed by atoms with Gasteiger partial charge >= 0.3 is 0 Å². The van der Waals surface area contributed by atoms with Gasteiger partial charge in [-0.05, 0) is 12.3 Å². The minimum absolute atomic E-state index is 0.0579. The molecule has 5 heteroatoms. The highest BCUT2D eigenvalue weighted by Gasteiger charge is 2.14. The van der Waals surface area contributed by atoms with Gasteiger partial charge in [-0.3, -0.25) is 9.78 Å². The van der Waals surface area contributed by atoms with Gasteiger partial charge in [-0.2, -0.15) is 0 Å². The van der Waals surface area contributed by atoms with E-state index in [4.69, 9.17) is 0 Å². The van der Waals surface area contributed by atoms with Crippen LogP contribution in [0.2, 0.25) is 0 Å². The van der Waals surface area contributed by atoms with Gasteiger partial charge in [-0.25, -0.2) is 4.98 Å². The van der Waals surface area contributed by atoms with Crippen LogP contribution < -0.4 is 10.6 Å². The molecule has 0 aliphatic rings. The average molecular weight is 236 g/mol. The predicted octanol–water partition coefficient (Wildman–Crippen LogP) is 1.68. The summed E-state index contributed by atoms with van der Waals surface area (Å²) in [6.45, 7) is 9.52. The monoisotopic (exact) mass is 236 g/mol. The van der Waals surface area contributed by atoms with Crippen LogP contribution in [0.4, 0.5) is 5.82 Å². The molecule has 1 rings (SSSR count). The van der Waals surface area contributed by atoms with Crippen molar-refractivity contribution in [1.29, 1.82) is 0 Å². The van der Waals surface area contributed by atoms with Crippen LogP contribution in [0.25, 0.3) is 0 Å². The number of amides is 1. The zero-order valence-electron chi connectivity index (χ0n) is 10.9. The molecule has 1 heterocycles. The number of rotatable bonds is 4. The Morgan fingerprint density at radius 1 is 1.35 bits per heavy atom. The molecule has 0 saturated carbocycles. The average Bonchev–Trinajstić information content (AvgIpc) is 2.26. The zero-order chi connectivity index (χ0) is 12.9. The highest BCUT2D eigenvalue weighted by Crippen LogP contribution is 2.10. The summed E-state index contributed by atoms with van der Waals surface area (Å²) in [4.78, 5) is 20.0. The fraction of sp³-hybridized carbons (Fsp3) is 0.583. The van der Waals surface area contributed by atoms with E-state index >= 15 is 0 Å². The molecule has 1 amide bonds. The summed E-state index contributed by atoms with van der Waals surface area (Å²) >= 11 is 0. The summed E-state index contributed by atoms with van der Waals surface area (Å²) in [7, 11) is 0. The molecule has 1 aromatic rings. The van der Waals surface area contributed by atoms with E-state index in [0.29, 0.717) is 18.1 Å². The lowest BCUT2D eigenvalue weighted by molar-refractivity contribution is 0.0934. The molecule has 0 unspecified atom stereocenters. The van der Waals surface area contributed by atoms with Crippen LogP contribution in [-0.4, -0.2) is 29.0 Å². The Labute approximate surface area is 102 Å². The van der Waals surface area contributed by atoms with E-state index in [-0.39, 0.29) is 11.3 Å². The Morgan fingerprint density at radius 3 is 2.65 bits per heavy atom. The number of hydrogen-bond acceptors (Lipinski definition) is 4. The Hall–Kier alpha value is -1.65. The molecule has 0 radical (unpaired) electrons. The molecule has 94 valence electrons. The van der Waals surface area contributed by atoms with E-state index in [0.717, 1.165) is 6.54 Å². The Kier molecular flexibility index (Phi) is 4.43. The van der Waals surface area contributed by atoms with Gasteiger partial charge in [-0.1, -0.05) is 20.8 Å². The molecule has 0 atom stereocenters. The van der Waals surface area contributed by atoms with Crippen molar-refractivity contribution in [3.8, 4) is 0 Å². The molecular formula is C12H20N4O. The Morgan fingerprint density at radius 2 is 2.06 bits per heavy atom. The first-order valence-electron chi connectivity index (χ1n) is 5.76. The van der Waals surface area contributed by atoms with Crippen LogP contribution in [0.5, 0.6) is 0 Å². The lowest BCUT2D eigenvalue weighted by Gasteiger charge is -2.18. The van der Waals surface area contributed by atoms with Gasteiger partial charge in [0, 0.05) is 13.1 Å². The maximum Gasteiger partial charge on any atom is 0.271 e. The number of nitrogens with zero attached hydrogens (tertiary/aromatic N) is 2. The van der Waals surface area contributed by atoms with E-state index in [2.05, 4.69) is 41.4 Å². The SMILES string of the molecule is CCNc1cncc(C(=O)NCC(C)(C)C)n1. The molecule has 0 bridgehead atoms. The van der Waals surface area contributed by atoms with Gasteiger partial charge < -0.3 is 10.6 Å². The van der Waals surface area contributed by atoms with Crippen molar-refractivity contribution in [3.05, 3.63) is 18.1 Å². The third-order valence-electron chi connectivity index (χ3n) is 2.00. The first-order valence-corrected chi connectivity index (χ1v) is 5.76. The van der Waals surface area contributed by atoms with Crippen molar-refractivity contribution in [2.24, 2.45) is 5.41 Å². The molecule has 0 aliphatic heterocycles. The standard InChI is InChI=1S/C12H20N4O/c1-5-14-10-7-13-6-9(16-10)11(17)15-8-12(2,3)4/h6-7H,5,8H2,1-4H3,(H,14,16)(H,15,17). The summed E-state index contributed by atoms with van der Waals surface area (Å²) < 4.78 is 0. The molecule has 2 N–H and O–H groups in total. The molecule has 0 saturated heterocycles. The number of carbonyl (C=O) groups excluding carboxylic acids is 1. The molecule has 0 aliphatic carbocycles. The summed E-state index contributed by atoms with van der Waals surface area (Å²) in [5.74, 6) is 0.433. The first-order chi connectivity index (χ1) is 7.92. The summed E-state index contributed by atoms with van der Waals surface area (Å²) in [6, 6.07) is 0. The zero-order valence-corrected chi connectivity index (χ0v) is 10.9. The lowest BCUT2D eigenvalue weighted by atomic mass is 9.97. The van der Waals surface area contributed by atoms with Crippen LogP contribution in [-0.2, 0) is 0 Å². The number of nitrogens with one attached hydrogen (secondary N) is 2. The Balaban J connectivity index is 2.65. The lowest BCUT2D eigenvalue weighted by Crippen LogP contribution is -2.32. The number of hydrogen-bond donors (Lipinski definition) is 2. The van der Waals surface area contributed by atoms with E-state index < -0.39 is 0 Å². The van der Waals surface area contributed by atoms with Crippen LogP contribution in [0.15, 0.2) is 12.4 Å². The number of aromatic nitrogens is 2. The second kappa shape index (κ2) is 5.61. The van der Waals surface area contributed by atoms with Crippen molar-refractivity contribution >= 4 is 11.7 Å². The first kappa shape index (κ1) is 13.4. The quantitative estimate of drug-likeness (QED) is 0.834. The largest absolute Gasteiger partial charge is 0.369 e. The fourth-order valence-corrected chi connectivity index (χ4v) is 1.18. The van der Waals surface area contributed by atoms with Crippen molar-refractivity contribution in [1.82, 2.24) is 15.3 Å². The molecule has 5 nitrogen and oxygen atoms in total. The fourth-order valence-electron chi connectivity index (χ4n) is 1.18. The molecule has 1 aromatic heterocycles. The van der Waals surface area contributed by atoms with Crippen molar-refractivity contribution in [2.45, 2.75) is 27.7 Å². The summed E-state index contributed by atoms with van der Waals surface area (Å²) in [5.41, 5.74) is 0.398. The third kappa shape index (κ3) is 4.80. The Bertz CT molecular complexity index is 384. The van der Waals surface area contributed by atoms with E-state index in [1.807, 2.05) is 6.92 Å². The summed E-state index contributed by atoms with van der Waals surface area (Å²) in [6.07, 6.45) is 3.07. The van der Waals surface area contributed by atoms with Crippen LogP contribution in [0, 0.1) is 5.41 Å². The van der Waals surface area contributed by atoms with Crippen molar-refractivity contribution in [2.75, 3.05) is 18.4 Å². The second-order valence-electron chi connectivity index (χ2n) is 5.06. The van der Waals surface area contributed by atoms with Gasteiger partial charge in [-0.15, -0.1) is 0 Å². The van der Waals surface area contributed by atoms with E-state index in [1.165, 1.54) is 6.20 Å². The van der Waals surface area contributed by atoms with Crippen LogP contribution in [0.1, 0.15) is 38.2 Å². The normalized spacial score (nSPS) is 11.1. The van der Waals surface area contributed by atoms with Crippen molar-refractivity contribution < 1.29 is 4.79 Å². The van der Waals surface area contributed by atoms with Crippen LogP contribution in [0.3, 0.4) is 0 Å². The minimum Gasteiger partial charge on any atom is -0.369 e. The molecular weight excluding hydrogens is 216 g/mol. The van der Waals surface area contributed by atoms with E-state index in [9.17, 15) is 4.79 Å². The van der Waals surface area contributed by atoms with Crippen molar-refractivity contribution in [3.63, 3.8) is 0 Å². The molecule has 0 aromatic carbocycles. The van der Waals surface area contributed by atoms with Gasteiger partial charge in [0.15, 0.2) is 0 Å². The minimum atomic E-state index is -0.188. The van der Waals surface area contributed by atoms with E-state index in [1.54, 1.807) is 6.20 Å². The molecule has 17 heavy (non-hydrogen) atoms. The molecule has 0 fully saturated rings. The van der Waals surface area contributed by atoms with Gasteiger partial charge in [0.25, 0.3) is 5.91 Å². The van der Waals surface area contributed by atoms with Crippen LogP contribution >= 0.6 is 0 Å². The highest BCUT2D eigenvalue weighted by molar-refractivity contribution is 5.92. The maximum atomic E-state index is 11.8. The van der Waals surface area contributed by atoms with Gasteiger partial charge in [0.1, 0.15) is 11.5 Å². The highest BCUT2D eigenvalue weighted by atomic mass is 16.1. The van der Waals surface area contributed by atoms with Gasteiger partial charge in [0.2, 0.25) is 0 Å². The number of anilines is 1. The smallest absolute Gasteiger partial charge is 0.271 e. The molecule has 0 spiro atoms. The van der Waals surface area contributed by atoms with Gasteiger partial charge in [0.05, 0.1) is 12.4 Å². The second-order valence-corrected chi connectivity index (χ2v) is 5.06. The predicted molar refractivity (Wildman–Crippen MR) is 68.0 cm³/mol. The summed E-state index contributed by atoms with van der Waals surface area (Å²) in [5, 5.41) is 5.86. The topological polar surface area (TPSA) is 66.9 Å². The maximum absolute atomic E-state index is 11.8. The number of carbonyl (C=O) groups is 1. The third-order valence-corrected chi connectivity index (χ3v) is 2.00.